The van der Waals surface area contributed by atoms with Crippen LogP contribution < -0.4 is 39.8 Å². The average Bonchev–Trinajstić information content (AvgIpc) is 3.04. The molecular formula is C19H23N6NaO3. The molecule has 0 radical (unpaired) electrons. The van der Waals surface area contributed by atoms with Crippen LogP contribution in [0.25, 0.3) is 10.9 Å². The van der Waals surface area contributed by atoms with E-state index in [4.69, 9.17) is 9.84 Å². The van der Waals surface area contributed by atoms with Crippen LogP contribution in [-0.4, -0.2) is 63.2 Å². The molecule has 0 aliphatic carbocycles. The van der Waals surface area contributed by atoms with Crippen molar-refractivity contribution in [1.82, 2.24) is 25.1 Å². The number of aromatic nitrogens is 4. The van der Waals surface area contributed by atoms with Gasteiger partial charge in [0.1, 0.15) is 0 Å². The number of fused-ring (bicyclic) bond motifs is 1. The van der Waals surface area contributed by atoms with Gasteiger partial charge >= 0.3 is 35.5 Å². The normalized spacial score (nSPS) is 16.6. The second-order valence-corrected chi connectivity index (χ2v) is 6.73. The quantitative estimate of drug-likeness (QED) is 0.461. The molecule has 0 amide bonds. The Kier molecular flexibility index (Phi) is 7.20. The van der Waals surface area contributed by atoms with Gasteiger partial charge in [-0.15, -0.1) is 0 Å². The molecule has 1 aromatic carbocycles. The van der Waals surface area contributed by atoms with E-state index < -0.39 is 5.97 Å². The number of hydrogen-bond acceptors (Lipinski definition) is 7. The van der Waals surface area contributed by atoms with Crippen LogP contribution in [0.1, 0.15) is 17.5 Å². The number of carboxylic acids is 1. The van der Waals surface area contributed by atoms with Crippen LogP contribution in [0, 0.1) is 0 Å². The number of carbonyl (C=O) groups is 1. The summed E-state index contributed by atoms with van der Waals surface area (Å²) in [4.78, 5) is 21.3. The van der Waals surface area contributed by atoms with Gasteiger partial charge in [0.15, 0.2) is 0 Å². The molecule has 0 bridgehead atoms. The molecule has 1 aliphatic heterocycles. The number of anilines is 1. The van der Waals surface area contributed by atoms with Gasteiger partial charge in [-0.3, -0.25) is 4.68 Å². The van der Waals surface area contributed by atoms with E-state index in [1.54, 1.807) is 0 Å². The summed E-state index contributed by atoms with van der Waals surface area (Å²) in [6, 6.07) is 8.17. The van der Waals surface area contributed by atoms with Gasteiger partial charge < -0.3 is 21.5 Å². The van der Waals surface area contributed by atoms with E-state index in [9.17, 15) is 4.79 Å². The van der Waals surface area contributed by atoms with E-state index in [-0.39, 0.29) is 42.7 Å². The fourth-order valence-electron chi connectivity index (χ4n) is 3.39. The molecular weight excluding hydrogens is 383 g/mol. The van der Waals surface area contributed by atoms with Crippen molar-refractivity contribution in [3.8, 4) is 0 Å². The third kappa shape index (κ3) is 4.93. The van der Waals surface area contributed by atoms with Gasteiger partial charge in [0.2, 0.25) is 5.95 Å². The fourth-order valence-corrected chi connectivity index (χ4v) is 3.39. The first-order chi connectivity index (χ1) is 13.6. The molecule has 148 valence electrons. The Morgan fingerprint density at radius 3 is 2.86 bits per heavy atom. The predicted molar refractivity (Wildman–Crippen MR) is 104 cm³/mol. The standard InChI is InChI=1S/C19H22N6O3.Na.H/c1-24-17-5-3-2-4-15(17)16(23-24)11-20-10-14-12-25(6-7-28-14)19-21-8-13(9-22-19)18(26)27;;/h2-5,8-9,14,20H,6-7,10-12H2,1H3,(H,26,27);;/q;+1;-1. The summed E-state index contributed by atoms with van der Waals surface area (Å²) in [5.41, 5.74) is 2.21. The number of benzene rings is 1. The van der Waals surface area contributed by atoms with E-state index >= 15 is 0 Å². The van der Waals surface area contributed by atoms with E-state index in [1.807, 2.05) is 28.8 Å². The number of hydrogen-bond donors (Lipinski definition) is 2. The van der Waals surface area contributed by atoms with Crippen LogP contribution in [-0.2, 0) is 18.3 Å². The first-order valence-electron chi connectivity index (χ1n) is 9.15. The third-order valence-corrected chi connectivity index (χ3v) is 4.81. The maximum absolute atomic E-state index is 10.9. The number of aromatic carboxylic acids is 1. The number of ether oxygens (including phenoxy) is 1. The number of nitrogens with one attached hydrogen (secondary N) is 1. The van der Waals surface area contributed by atoms with Crippen molar-refractivity contribution in [1.29, 1.82) is 0 Å². The van der Waals surface area contributed by atoms with Crippen molar-refractivity contribution in [2.24, 2.45) is 7.05 Å². The van der Waals surface area contributed by atoms with E-state index in [0.29, 0.717) is 38.7 Å². The average molecular weight is 406 g/mol. The van der Waals surface area contributed by atoms with Crippen molar-refractivity contribution in [2.45, 2.75) is 12.6 Å². The van der Waals surface area contributed by atoms with Crippen LogP contribution in [0.5, 0.6) is 0 Å². The Morgan fingerprint density at radius 2 is 2.10 bits per heavy atom. The number of para-hydroxylation sites is 1. The molecule has 4 rings (SSSR count). The summed E-state index contributed by atoms with van der Waals surface area (Å²) in [7, 11) is 1.95. The minimum absolute atomic E-state index is 0. The molecule has 2 N–H and O–H groups in total. The second-order valence-electron chi connectivity index (χ2n) is 6.73. The van der Waals surface area contributed by atoms with Gasteiger partial charge in [-0.2, -0.15) is 5.10 Å². The zero-order chi connectivity index (χ0) is 19.5. The number of nitrogens with zero attached hydrogens (tertiary/aromatic N) is 5. The molecule has 1 saturated heterocycles. The zero-order valence-electron chi connectivity index (χ0n) is 17.6. The summed E-state index contributed by atoms with van der Waals surface area (Å²) in [5.74, 6) is -0.508. The Morgan fingerprint density at radius 1 is 1.34 bits per heavy atom. The van der Waals surface area contributed by atoms with Crippen molar-refractivity contribution in [3.05, 3.63) is 47.9 Å². The molecule has 0 spiro atoms. The summed E-state index contributed by atoms with van der Waals surface area (Å²) < 4.78 is 7.73. The van der Waals surface area contributed by atoms with Crippen LogP contribution in [0.4, 0.5) is 5.95 Å². The monoisotopic (exact) mass is 406 g/mol. The van der Waals surface area contributed by atoms with E-state index in [0.717, 1.165) is 16.6 Å². The van der Waals surface area contributed by atoms with E-state index in [1.165, 1.54) is 12.4 Å². The molecule has 9 nitrogen and oxygen atoms in total. The zero-order valence-corrected chi connectivity index (χ0v) is 18.6. The summed E-state index contributed by atoms with van der Waals surface area (Å²) >= 11 is 0. The maximum Gasteiger partial charge on any atom is 1.00 e. The molecule has 1 atom stereocenters. The molecule has 29 heavy (non-hydrogen) atoms. The first kappa shape index (κ1) is 21.7. The van der Waals surface area contributed by atoms with Crippen LogP contribution in [0.2, 0.25) is 0 Å². The summed E-state index contributed by atoms with van der Waals surface area (Å²) in [6.07, 6.45) is 2.66. The number of aryl methyl sites for hydroxylation is 1. The maximum atomic E-state index is 10.9. The number of morpholine rings is 1. The van der Waals surface area contributed by atoms with Crippen molar-refractivity contribution >= 4 is 22.8 Å². The molecule has 1 fully saturated rings. The van der Waals surface area contributed by atoms with Crippen LogP contribution >= 0.6 is 0 Å². The summed E-state index contributed by atoms with van der Waals surface area (Å²) in [5, 5.41) is 18.1. The minimum atomic E-state index is -1.03. The molecule has 2 aromatic heterocycles. The molecule has 1 unspecified atom stereocenters. The van der Waals surface area contributed by atoms with Crippen molar-refractivity contribution in [2.75, 3.05) is 31.1 Å². The van der Waals surface area contributed by atoms with Gasteiger partial charge in [-0.25, -0.2) is 14.8 Å². The van der Waals surface area contributed by atoms with Crippen molar-refractivity contribution in [3.63, 3.8) is 0 Å². The number of rotatable bonds is 6. The SMILES string of the molecule is Cn1nc(CNCC2CN(c3ncc(C(=O)O)cn3)CCO2)c2ccccc21.[H-].[Na+]. The van der Waals surface area contributed by atoms with Crippen LogP contribution in [0.3, 0.4) is 0 Å². The Labute approximate surface area is 191 Å². The van der Waals surface area contributed by atoms with Gasteiger partial charge in [-0.1, -0.05) is 18.2 Å². The largest absolute Gasteiger partial charge is 1.00 e. The molecule has 3 aromatic rings. The van der Waals surface area contributed by atoms with E-state index in [2.05, 4.69) is 32.5 Å². The molecule has 10 heteroatoms. The number of carboxylic acid groups (broad SMARTS) is 1. The van der Waals surface area contributed by atoms with Gasteiger partial charge in [0.05, 0.1) is 29.5 Å². The van der Waals surface area contributed by atoms with Gasteiger partial charge in [-0.05, 0) is 6.07 Å². The summed E-state index contributed by atoms with van der Waals surface area (Å²) in [6.45, 7) is 3.22. The molecule has 0 saturated carbocycles. The van der Waals surface area contributed by atoms with Crippen LogP contribution in [0.15, 0.2) is 36.7 Å². The third-order valence-electron chi connectivity index (χ3n) is 4.81. The van der Waals surface area contributed by atoms with Gasteiger partial charge in [0, 0.05) is 51.0 Å². The molecule has 3 heterocycles. The molecule has 1 aliphatic rings. The van der Waals surface area contributed by atoms with Gasteiger partial charge in [0.25, 0.3) is 0 Å². The Hall–Kier alpha value is -2.04. The Balaban J connectivity index is 0.00000160. The minimum Gasteiger partial charge on any atom is -1.00 e. The smallest absolute Gasteiger partial charge is 1.00 e. The van der Waals surface area contributed by atoms with Crippen molar-refractivity contribution < 1.29 is 45.6 Å². The first-order valence-corrected chi connectivity index (χ1v) is 9.15. The topological polar surface area (TPSA) is 105 Å². The second kappa shape index (κ2) is 9.64. The fraction of sp³-hybridized carbons (Fsp3) is 0.368. The predicted octanol–water partition coefficient (Wildman–Crippen LogP) is -1.83. The Bertz CT molecular complexity index is 984.